The molecule has 0 aliphatic carbocycles. The Bertz CT molecular complexity index is 3160. The Morgan fingerprint density at radius 2 is 1.11 bits per heavy atom. The fraction of sp³-hybridized carbons (Fsp3) is 0.787. The Morgan fingerprint density at radius 3 is 1.50 bits per heavy atom. The summed E-state index contributed by atoms with van der Waals surface area (Å²) in [4.78, 5) is 63.8. The monoisotopic (exact) mass is 1650 g/mol. The van der Waals surface area contributed by atoms with Gasteiger partial charge in [-0.15, -0.1) is 11.3 Å². The summed E-state index contributed by atoms with van der Waals surface area (Å²) in [6.45, 7) is 74.7. The topological polar surface area (TPSA) is 237 Å². The standard InChI is InChI=1S/C33H54N2O5S.C22H37NO2S2.C14H27ClO2.C13H28O.C7H10N2S2/c1-19(15-23-18-41-22(4)34-23)24-16-26-33(11,40-26)14-12-13-30(5,6)20(2)28(38)21(3)31(7,8)29(39)32(9,10)25(36)17-27(37)35-24;1-16(21(3,4)5)20(17(2)22(6,7)8)25-19(24)13-11-15-26-27-18-12-9-10-14-23-18;1-9(13(3,4)5)11(17-12(15)16)10(2)14(6,7)8;1-9(12(3,4)5)11(14)10(2)13(6,7)8;8-4-6-10-11-7-3-1-2-5-9-7/h15,18,20-21,24-26,28,36,38H,12-14,16-17H2,1-11H3,(H,35,37);9-10,12,14,16-17,20H,11,13,15H2,1-8H3;9-11H,1-8H3;9-11,14H,1-8H3;1-3,5H,4,6,8H2/b19-15+;;;;/t20-,21-,24?,25+,26?,28+,33-;16-,17?,20?;2*9-,10?,11?;/m1111./s1. The molecule has 8 unspecified atom stereocenters. The van der Waals surface area contributed by atoms with E-state index in [1.807, 2.05) is 82.5 Å². The normalized spacial score (nSPS) is 24.1. The molecule has 3 aromatic heterocycles. The molecule has 0 radical (unpaired) electrons. The predicted octanol–water partition coefficient (Wildman–Crippen LogP) is 23.6. The molecule has 0 saturated carbocycles. The number of nitrogens with two attached hydrogens (primary N) is 1. The van der Waals surface area contributed by atoms with Crippen LogP contribution in [0.3, 0.4) is 0 Å². The van der Waals surface area contributed by atoms with Crippen molar-refractivity contribution in [2.24, 2.45) is 102 Å². The summed E-state index contributed by atoms with van der Waals surface area (Å²) in [6, 6.07) is 11.5. The first kappa shape index (κ1) is 105. The van der Waals surface area contributed by atoms with Gasteiger partial charge in [0, 0.05) is 65.7 Å². The third kappa shape index (κ3) is 36.0. The number of hydrogen-bond acceptors (Lipinski definition) is 19. The van der Waals surface area contributed by atoms with Gasteiger partial charge in [-0.1, -0.05) is 255 Å². The zero-order valence-electron chi connectivity index (χ0n) is 75.0. The molecule has 21 heteroatoms. The average Bonchev–Trinajstić information content (AvgIpc) is 1.52. The number of carbonyl (C=O) groups excluding carboxylic acids is 4. The van der Waals surface area contributed by atoms with Crippen LogP contribution in [0.4, 0.5) is 4.79 Å². The number of epoxide rings is 1. The van der Waals surface area contributed by atoms with Gasteiger partial charge in [0.15, 0.2) is 0 Å². The summed E-state index contributed by atoms with van der Waals surface area (Å²) >= 11 is 6.98. The Kier molecular flexibility index (Phi) is 43.3. The van der Waals surface area contributed by atoms with Crippen LogP contribution in [-0.2, 0) is 28.6 Å². The highest BCUT2D eigenvalue weighted by Crippen LogP contribution is 2.49. The van der Waals surface area contributed by atoms with Crippen molar-refractivity contribution in [2.45, 2.75) is 346 Å². The number of rotatable bonds is 20. The number of fused-ring (bicyclic) bond motifs is 1. The fourth-order valence-corrected chi connectivity index (χ4v) is 17.2. The number of aryl methyl sites for hydroxylation is 1. The Balaban J connectivity index is 0.000000752. The number of ketones is 1. The first-order chi connectivity index (χ1) is 49.9. The van der Waals surface area contributed by atoms with E-state index in [2.05, 4.69) is 214 Å². The van der Waals surface area contributed by atoms with Crippen LogP contribution in [0, 0.1) is 103 Å². The van der Waals surface area contributed by atoms with E-state index in [1.54, 1.807) is 80.8 Å². The van der Waals surface area contributed by atoms with Crippen molar-refractivity contribution in [1.82, 2.24) is 20.3 Å². The quantitative estimate of drug-likeness (QED) is 0.0232. The van der Waals surface area contributed by atoms with Crippen molar-refractivity contribution in [3.63, 3.8) is 0 Å². The van der Waals surface area contributed by atoms with Crippen molar-refractivity contribution >= 4 is 95.3 Å². The highest BCUT2D eigenvalue weighted by molar-refractivity contribution is 8.77. The molecule has 3 aromatic rings. The maximum absolute atomic E-state index is 14.0. The first-order valence-corrected chi connectivity index (χ1v) is 46.2. The lowest BCUT2D eigenvalue weighted by Crippen LogP contribution is -2.52. The Hall–Kier alpha value is -2.76. The van der Waals surface area contributed by atoms with Gasteiger partial charge in [0.25, 0.3) is 0 Å². The van der Waals surface area contributed by atoms with E-state index in [-0.39, 0.29) is 122 Å². The van der Waals surface area contributed by atoms with Crippen molar-refractivity contribution in [1.29, 1.82) is 0 Å². The summed E-state index contributed by atoms with van der Waals surface area (Å²) in [5.41, 5.74) is 4.68. The maximum Gasteiger partial charge on any atom is 0.404 e. The van der Waals surface area contributed by atoms with Crippen molar-refractivity contribution in [3.05, 3.63) is 70.4 Å². The number of Topliss-reactive ketones (excluding diaryl/α,β-unsaturated/α-hetero) is 1. The lowest BCUT2D eigenvalue weighted by atomic mass is 9.60. The highest BCUT2D eigenvalue weighted by atomic mass is 35.5. The van der Waals surface area contributed by atoms with Crippen LogP contribution in [0.1, 0.15) is 291 Å². The molecule has 0 bridgehead atoms. The number of amides is 1. The molecule has 1 amide bonds. The summed E-state index contributed by atoms with van der Waals surface area (Å²) in [5.74, 6) is 2.71. The van der Waals surface area contributed by atoms with E-state index in [0.717, 1.165) is 70.1 Å². The number of aliphatic hydroxyl groups is 3. The van der Waals surface area contributed by atoms with Crippen LogP contribution in [0.15, 0.2) is 69.8 Å². The minimum Gasteiger partial charge on any atom is -0.462 e. The molecule has 2 saturated heterocycles. The van der Waals surface area contributed by atoms with Gasteiger partial charge < -0.3 is 40.6 Å². The molecule has 110 heavy (non-hydrogen) atoms. The Labute approximate surface area is 695 Å². The summed E-state index contributed by atoms with van der Waals surface area (Å²) in [6.07, 6.45) is 7.78. The summed E-state index contributed by atoms with van der Waals surface area (Å²) in [7, 11) is 6.80. The predicted molar refractivity (Wildman–Crippen MR) is 473 cm³/mol. The van der Waals surface area contributed by atoms with Crippen LogP contribution in [0.25, 0.3) is 6.08 Å². The zero-order chi connectivity index (χ0) is 85.5. The molecule has 0 spiro atoms. The molecule has 6 N–H and O–H groups in total. The van der Waals surface area contributed by atoms with E-state index in [9.17, 15) is 34.5 Å². The van der Waals surface area contributed by atoms with Gasteiger partial charge in [-0.3, -0.25) is 14.4 Å². The number of nitrogens with zero attached hydrogens (tertiary/aromatic N) is 3. The van der Waals surface area contributed by atoms with Crippen LogP contribution in [0.5, 0.6) is 0 Å². The van der Waals surface area contributed by atoms with Crippen LogP contribution in [0.2, 0.25) is 0 Å². The second kappa shape index (κ2) is 45.3. The number of hydrogen-bond donors (Lipinski definition) is 5. The summed E-state index contributed by atoms with van der Waals surface area (Å²) in [5, 5.41) is 41.2. The van der Waals surface area contributed by atoms with Gasteiger partial charge in [-0.05, 0) is 189 Å². The largest absolute Gasteiger partial charge is 0.462 e. The first-order valence-electron chi connectivity index (χ1n) is 40.3. The minimum absolute atomic E-state index is 0.00194. The van der Waals surface area contributed by atoms with Crippen LogP contribution < -0.4 is 11.1 Å². The number of esters is 1. The lowest BCUT2D eigenvalue weighted by molar-refractivity contribution is -0.160. The number of aromatic nitrogens is 3. The van der Waals surface area contributed by atoms with Crippen LogP contribution in [-0.4, -0.2) is 120 Å². The zero-order valence-corrected chi connectivity index (χ0v) is 79.9. The van der Waals surface area contributed by atoms with Gasteiger partial charge in [-0.25, -0.2) is 19.7 Å². The molecule has 2 fully saturated rings. The second-order valence-corrected chi connectivity index (χ2v) is 46.3. The molecule has 2 aliphatic heterocycles. The summed E-state index contributed by atoms with van der Waals surface area (Å²) < 4.78 is 17.6. The molecular formula is C89H156ClN5O10S5. The number of thiazole rings is 1. The molecule has 0 aromatic carbocycles. The Morgan fingerprint density at radius 1 is 0.673 bits per heavy atom. The smallest absolute Gasteiger partial charge is 0.404 e. The van der Waals surface area contributed by atoms with Gasteiger partial charge in [0.2, 0.25) is 5.91 Å². The van der Waals surface area contributed by atoms with E-state index < -0.39 is 28.5 Å². The number of ether oxygens (including phenoxy) is 3. The van der Waals surface area contributed by atoms with E-state index in [1.165, 1.54) is 0 Å². The average molecular weight is 1650 g/mol. The maximum atomic E-state index is 14.0. The molecular weight excluding hydrogens is 1490 g/mol. The third-order valence-corrected chi connectivity index (χ3v) is 30.2. The van der Waals surface area contributed by atoms with Gasteiger partial charge in [0.05, 0.1) is 58.6 Å². The number of halogens is 1. The molecule has 15 nitrogen and oxygen atoms in total. The van der Waals surface area contributed by atoms with Gasteiger partial charge in [-0.2, -0.15) is 0 Å². The van der Waals surface area contributed by atoms with Crippen molar-refractivity contribution in [2.75, 3.05) is 18.1 Å². The van der Waals surface area contributed by atoms with Crippen molar-refractivity contribution < 1.29 is 48.7 Å². The van der Waals surface area contributed by atoms with Crippen LogP contribution >= 0.6 is 66.1 Å². The molecule has 5 heterocycles. The third-order valence-electron chi connectivity index (χ3n) is 24.7. The number of nitrogens with one attached hydrogen (secondary N) is 1. The molecule has 5 rings (SSSR count). The highest BCUT2D eigenvalue weighted by Gasteiger charge is 2.54. The molecule has 634 valence electrons. The van der Waals surface area contributed by atoms with E-state index in [4.69, 9.17) is 31.5 Å². The number of carbonyl (C=O) groups is 4. The van der Waals surface area contributed by atoms with E-state index >= 15 is 0 Å². The molecule has 2 aliphatic rings. The number of pyridine rings is 2. The second-order valence-electron chi connectivity index (χ2n) is 40.1. The molecule has 16 atom stereocenters. The van der Waals surface area contributed by atoms with Gasteiger partial charge >= 0.3 is 11.4 Å². The SMILES string of the molecule is C/C(=C\c1csc(C)n1)C1CC2O[C@]2(C)CCCC(C)(C)[C@H](C)[C@H](O)[C@@H](C)C(C)(C)C(=O)C(C)(C)[C@@H](O)CC(=O)N1.CC(C(O)[C@@H](C)C(C)(C)C)C(C)(C)C.CC(C(OC(=O)CCCSSc1ccccn1)[C@@H](C)C(C)(C)C)C(C)(C)C.CC(C(OC(=O)Cl)[C@@H](C)C(C)(C)C)C(C)(C)C.NCCSSc1ccccn1. The fourth-order valence-electron chi connectivity index (χ4n) is 12.8. The lowest BCUT2D eigenvalue weighted by Gasteiger charge is -2.45. The van der Waals surface area contributed by atoms with Crippen molar-refractivity contribution in [3.8, 4) is 0 Å². The number of aliphatic hydroxyl groups excluding tert-OH is 3. The minimum atomic E-state index is -1.18. The van der Waals surface area contributed by atoms with Gasteiger partial charge in [0.1, 0.15) is 28.0 Å². The van der Waals surface area contributed by atoms with E-state index in [0.29, 0.717) is 36.5 Å².